The van der Waals surface area contributed by atoms with E-state index in [4.69, 9.17) is 14.0 Å². The molecule has 4 rings (SSSR count). The van der Waals surface area contributed by atoms with Gasteiger partial charge in [-0.25, -0.2) is 0 Å². The predicted molar refractivity (Wildman–Crippen MR) is 115 cm³/mol. The van der Waals surface area contributed by atoms with Crippen molar-refractivity contribution in [3.8, 4) is 22.9 Å². The Balaban J connectivity index is 1.30. The van der Waals surface area contributed by atoms with Crippen LogP contribution in [0.25, 0.3) is 11.4 Å². The highest BCUT2D eigenvalue weighted by molar-refractivity contribution is 5.65. The summed E-state index contributed by atoms with van der Waals surface area (Å²) < 4.78 is 16.2. The molecule has 0 aliphatic carbocycles. The van der Waals surface area contributed by atoms with Crippen molar-refractivity contribution >= 4 is 0 Å². The van der Waals surface area contributed by atoms with Gasteiger partial charge >= 0.3 is 0 Å². The molecule has 1 aliphatic rings. The van der Waals surface area contributed by atoms with Crippen LogP contribution >= 0.6 is 0 Å². The minimum atomic E-state index is 0.533. The van der Waals surface area contributed by atoms with Crippen LogP contribution < -0.4 is 9.47 Å². The first-order chi connectivity index (χ1) is 14.7. The number of benzene rings is 2. The number of nitrogens with zero attached hydrogens (tertiary/aromatic N) is 4. The summed E-state index contributed by atoms with van der Waals surface area (Å²) in [5.41, 5.74) is 2.19. The zero-order chi connectivity index (χ0) is 20.8. The van der Waals surface area contributed by atoms with Crippen molar-refractivity contribution in [1.82, 2.24) is 19.9 Å². The third-order valence-electron chi connectivity index (χ3n) is 5.50. The summed E-state index contributed by atoms with van der Waals surface area (Å²) in [5, 5.41) is 4.15. The number of aromatic nitrogens is 2. The Morgan fingerprint density at radius 2 is 1.70 bits per heavy atom. The van der Waals surface area contributed by atoms with Crippen LogP contribution in [-0.4, -0.2) is 66.9 Å². The van der Waals surface area contributed by atoms with Gasteiger partial charge in [-0.2, -0.15) is 4.98 Å². The fourth-order valence-electron chi connectivity index (χ4n) is 3.71. The molecule has 0 atom stereocenters. The Kier molecular flexibility index (Phi) is 6.61. The van der Waals surface area contributed by atoms with E-state index in [1.54, 1.807) is 14.2 Å². The lowest BCUT2D eigenvalue weighted by Crippen LogP contribution is -2.46. The number of piperazine rings is 1. The molecule has 0 spiro atoms. The summed E-state index contributed by atoms with van der Waals surface area (Å²) in [4.78, 5) is 9.46. The first-order valence-electron chi connectivity index (χ1n) is 10.3. The predicted octanol–water partition coefficient (Wildman–Crippen LogP) is 3.11. The van der Waals surface area contributed by atoms with Gasteiger partial charge in [0, 0.05) is 38.8 Å². The van der Waals surface area contributed by atoms with E-state index in [1.807, 2.05) is 18.2 Å². The Morgan fingerprint density at radius 3 is 2.43 bits per heavy atom. The molecule has 1 aliphatic heterocycles. The maximum atomic E-state index is 5.51. The standard InChI is InChI=1S/C23H28N4O3/c1-28-19-8-9-20(21(16-19)29-2)23-24-22(30-25-23)17-27-14-12-26(13-15-27)11-10-18-6-4-3-5-7-18/h3-9,16H,10-15,17H2,1-2H3. The zero-order valence-corrected chi connectivity index (χ0v) is 17.6. The van der Waals surface area contributed by atoms with Gasteiger partial charge in [-0.1, -0.05) is 35.5 Å². The molecule has 1 aromatic heterocycles. The quantitative estimate of drug-likeness (QED) is 0.567. The minimum Gasteiger partial charge on any atom is -0.497 e. The summed E-state index contributed by atoms with van der Waals surface area (Å²) in [6.07, 6.45) is 1.09. The summed E-state index contributed by atoms with van der Waals surface area (Å²) in [5.74, 6) is 2.55. The molecule has 3 aromatic rings. The SMILES string of the molecule is COc1ccc(-c2noc(CN3CCN(CCc4ccccc4)CC3)n2)c(OC)c1. The smallest absolute Gasteiger partial charge is 0.241 e. The van der Waals surface area contributed by atoms with E-state index in [-0.39, 0.29) is 0 Å². The van der Waals surface area contributed by atoms with Crippen molar-refractivity contribution in [2.45, 2.75) is 13.0 Å². The third-order valence-corrected chi connectivity index (χ3v) is 5.50. The Hall–Kier alpha value is -2.90. The van der Waals surface area contributed by atoms with Crippen LogP contribution in [0.5, 0.6) is 11.5 Å². The van der Waals surface area contributed by atoms with Gasteiger partial charge in [-0.15, -0.1) is 0 Å². The Labute approximate surface area is 177 Å². The molecule has 30 heavy (non-hydrogen) atoms. The van der Waals surface area contributed by atoms with Gasteiger partial charge in [0.2, 0.25) is 11.7 Å². The molecule has 0 radical (unpaired) electrons. The van der Waals surface area contributed by atoms with Gasteiger partial charge in [-0.3, -0.25) is 4.90 Å². The number of hydrogen-bond acceptors (Lipinski definition) is 7. The second-order valence-corrected chi connectivity index (χ2v) is 7.43. The normalized spacial score (nSPS) is 15.3. The molecule has 0 saturated carbocycles. The summed E-state index contributed by atoms with van der Waals surface area (Å²) >= 11 is 0. The van der Waals surface area contributed by atoms with Crippen LogP contribution in [0, 0.1) is 0 Å². The molecule has 7 heteroatoms. The lowest BCUT2D eigenvalue weighted by atomic mass is 10.1. The molecule has 0 unspecified atom stereocenters. The second kappa shape index (κ2) is 9.73. The fourth-order valence-corrected chi connectivity index (χ4v) is 3.71. The van der Waals surface area contributed by atoms with Crippen molar-refractivity contribution in [2.75, 3.05) is 46.9 Å². The van der Waals surface area contributed by atoms with Crippen LogP contribution in [0.15, 0.2) is 53.1 Å². The van der Waals surface area contributed by atoms with E-state index < -0.39 is 0 Å². The molecule has 2 aromatic carbocycles. The van der Waals surface area contributed by atoms with Gasteiger partial charge in [0.1, 0.15) is 11.5 Å². The summed E-state index contributed by atoms with van der Waals surface area (Å²) in [6, 6.07) is 16.2. The van der Waals surface area contributed by atoms with Crippen molar-refractivity contribution in [2.24, 2.45) is 0 Å². The van der Waals surface area contributed by atoms with Gasteiger partial charge in [0.25, 0.3) is 0 Å². The maximum absolute atomic E-state index is 5.51. The molecular weight excluding hydrogens is 380 g/mol. The van der Waals surface area contributed by atoms with Gasteiger partial charge in [-0.05, 0) is 24.1 Å². The monoisotopic (exact) mass is 408 g/mol. The second-order valence-electron chi connectivity index (χ2n) is 7.43. The summed E-state index contributed by atoms with van der Waals surface area (Å²) in [6.45, 7) is 5.87. The average molecular weight is 409 g/mol. The number of rotatable bonds is 8. The van der Waals surface area contributed by atoms with Gasteiger partial charge in [0.15, 0.2) is 0 Å². The maximum Gasteiger partial charge on any atom is 0.241 e. The molecule has 7 nitrogen and oxygen atoms in total. The van der Waals surface area contributed by atoms with Crippen molar-refractivity contribution in [3.05, 3.63) is 60.0 Å². The van der Waals surface area contributed by atoms with Crippen molar-refractivity contribution in [1.29, 1.82) is 0 Å². The highest BCUT2D eigenvalue weighted by atomic mass is 16.5. The van der Waals surface area contributed by atoms with Crippen LogP contribution in [0.3, 0.4) is 0 Å². The van der Waals surface area contributed by atoms with Gasteiger partial charge in [0.05, 0.1) is 26.3 Å². The fraction of sp³-hybridized carbons (Fsp3) is 0.391. The lowest BCUT2D eigenvalue weighted by Gasteiger charge is -2.33. The van der Waals surface area contributed by atoms with Crippen LogP contribution in [-0.2, 0) is 13.0 Å². The molecular formula is C23H28N4O3. The molecule has 2 heterocycles. The van der Waals surface area contributed by atoms with E-state index in [9.17, 15) is 0 Å². The Morgan fingerprint density at radius 1 is 0.933 bits per heavy atom. The highest BCUT2D eigenvalue weighted by Gasteiger charge is 2.20. The third kappa shape index (κ3) is 4.98. The van der Waals surface area contributed by atoms with Crippen LogP contribution in [0.4, 0.5) is 0 Å². The van der Waals surface area contributed by atoms with E-state index in [0.717, 1.165) is 50.5 Å². The Bertz CT molecular complexity index is 937. The topological polar surface area (TPSA) is 63.9 Å². The zero-order valence-electron chi connectivity index (χ0n) is 17.6. The van der Waals surface area contributed by atoms with E-state index in [0.29, 0.717) is 24.0 Å². The first kappa shape index (κ1) is 20.4. The average Bonchev–Trinajstić information content (AvgIpc) is 3.27. The number of hydrogen-bond donors (Lipinski definition) is 0. The first-order valence-corrected chi connectivity index (χ1v) is 10.3. The summed E-state index contributed by atoms with van der Waals surface area (Å²) in [7, 11) is 3.25. The van der Waals surface area contributed by atoms with Crippen molar-refractivity contribution < 1.29 is 14.0 Å². The molecule has 1 fully saturated rings. The molecule has 158 valence electrons. The van der Waals surface area contributed by atoms with Gasteiger partial charge < -0.3 is 18.9 Å². The van der Waals surface area contributed by atoms with E-state index in [1.165, 1.54) is 5.56 Å². The molecule has 0 N–H and O–H groups in total. The minimum absolute atomic E-state index is 0.533. The van der Waals surface area contributed by atoms with E-state index in [2.05, 4.69) is 50.3 Å². The molecule has 1 saturated heterocycles. The highest BCUT2D eigenvalue weighted by Crippen LogP contribution is 2.31. The largest absolute Gasteiger partial charge is 0.497 e. The van der Waals surface area contributed by atoms with E-state index >= 15 is 0 Å². The van der Waals surface area contributed by atoms with Crippen LogP contribution in [0.2, 0.25) is 0 Å². The van der Waals surface area contributed by atoms with Crippen molar-refractivity contribution in [3.63, 3.8) is 0 Å². The molecule has 0 bridgehead atoms. The number of ether oxygens (including phenoxy) is 2. The molecule has 0 amide bonds. The lowest BCUT2D eigenvalue weighted by molar-refractivity contribution is 0.118. The van der Waals surface area contributed by atoms with Crippen LogP contribution in [0.1, 0.15) is 11.5 Å². The number of methoxy groups -OCH3 is 2.